The normalized spacial score (nSPS) is 5.64. The molecule has 0 rings (SSSR count). The van der Waals surface area contributed by atoms with Gasteiger partial charge in [-0.15, -0.1) is 11.6 Å². The zero-order chi connectivity index (χ0) is 7.86. The van der Waals surface area contributed by atoms with Gasteiger partial charge in [0.15, 0.2) is 0 Å². The summed E-state index contributed by atoms with van der Waals surface area (Å²) in [4.78, 5) is 18.0. The molecule has 7 heteroatoms. The van der Waals surface area contributed by atoms with Crippen molar-refractivity contribution in [2.75, 3.05) is 5.88 Å². The second-order valence-corrected chi connectivity index (χ2v) is 1.26. The Morgan fingerprint density at radius 2 is 1.36 bits per heavy atom. The Hall–Kier alpha value is 1.23. The van der Waals surface area contributed by atoms with Crippen molar-refractivity contribution in [1.82, 2.24) is 0 Å². The topological polar surface area (TPSA) is 80.3 Å². The summed E-state index contributed by atoms with van der Waals surface area (Å²) in [5.74, 6) is -2.73. The van der Waals surface area contributed by atoms with Crippen LogP contribution in [0, 0.1) is 0 Å². The zero-order valence-electron chi connectivity index (χ0n) is 6.72. The molecule has 0 bridgehead atoms. The number of halogens is 1. The predicted octanol–water partition coefficient (Wildman–Crippen LogP) is -8.26. The van der Waals surface area contributed by atoms with Gasteiger partial charge in [0.05, 0.1) is 11.8 Å². The molecule has 0 aliphatic rings. The number of hydrogen-bond acceptors (Lipinski definition) is 4. The van der Waals surface area contributed by atoms with Gasteiger partial charge in [0.25, 0.3) is 0 Å². The first-order valence-electron chi connectivity index (χ1n) is 1.94. The number of alkyl halides is 1. The molecule has 0 aromatic heterocycles. The number of aliphatic carboxylic acids is 2. The molecule has 0 saturated heterocycles. The molecule has 0 aromatic rings. The van der Waals surface area contributed by atoms with E-state index in [9.17, 15) is 0 Å². The zero-order valence-corrected chi connectivity index (χ0v) is 11.5. The average molecular weight is 199 g/mol. The van der Waals surface area contributed by atoms with Gasteiger partial charge in [0.2, 0.25) is 0 Å². The van der Waals surface area contributed by atoms with Crippen LogP contribution in [-0.4, -0.2) is 17.8 Å². The maximum Gasteiger partial charge on any atom is 1.00 e. The first-order chi connectivity index (χ1) is 4.00. The summed E-state index contributed by atoms with van der Waals surface area (Å²) in [5, 5.41) is 18.0. The molecule has 0 atom stereocenters. The second kappa shape index (κ2) is 17.4. The quantitative estimate of drug-likeness (QED) is 0.310. The van der Waals surface area contributed by atoms with Crippen molar-refractivity contribution >= 4 is 23.5 Å². The summed E-state index contributed by atoms with van der Waals surface area (Å²) in [7, 11) is 0. The van der Waals surface area contributed by atoms with Crippen LogP contribution in [-0.2, 0) is 9.59 Å². The van der Waals surface area contributed by atoms with Crippen molar-refractivity contribution in [3.05, 3.63) is 0 Å². The number of hydrogen-bond donors (Lipinski definition) is 0. The van der Waals surface area contributed by atoms with Crippen LogP contribution in [0.2, 0.25) is 0 Å². The first kappa shape index (κ1) is 22.8. The van der Waals surface area contributed by atoms with E-state index in [1.165, 1.54) is 0 Å². The van der Waals surface area contributed by atoms with Crippen LogP contribution < -0.4 is 69.3 Å². The molecule has 0 N–H and O–H groups in total. The predicted molar refractivity (Wildman–Crippen MR) is 26.4 cm³/mol. The van der Waals surface area contributed by atoms with E-state index in [1.807, 2.05) is 0 Å². The molecule has 0 aliphatic carbocycles. The van der Waals surface area contributed by atoms with Gasteiger partial charge in [0.1, 0.15) is 0 Å². The maximum absolute atomic E-state index is 9.12. The molecular formula is C4H5ClNa2O4. The van der Waals surface area contributed by atoms with Gasteiger partial charge in [-0.05, 0) is 6.92 Å². The van der Waals surface area contributed by atoms with Crippen LogP contribution in [0.3, 0.4) is 0 Å². The molecule has 0 heterocycles. The average Bonchev–Trinajstić information content (AvgIpc) is 1.65. The van der Waals surface area contributed by atoms with E-state index in [4.69, 9.17) is 19.8 Å². The molecule has 0 saturated carbocycles. The van der Waals surface area contributed by atoms with E-state index in [0.29, 0.717) is 0 Å². The van der Waals surface area contributed by atoms with Gasteiger partial charge >= 0.3 is 59.1 Å². The van der Waals surface area contributed by atoms with Gasteiger partial charge in [-0.1, -0.05) is 0 Å². The van der Waals surface area contributed by atoms with Gasteiger partial charge < -0.3 is 19.8 Å². The number of rotatable bonds is 1. The van der Waals surface area contributed by atoms with Crippen LogP contribution in [0.4, 0.5) is 0 Å². The van der Waals surface area contributed by atoms with Crippen molar-refractivity contribution in [1.29, 1.82) is 0 Å². The van der Waals surface area contributed by atoms with Gasteiger partial charge in [-0.2, -0.15) is 0 Å². The summed E-state index contributed by atoms with van der Waals surface area (Å²) < 4.78 is 0. The van der Waals surface area contributed by atoms with E-state index in [0.717, 1.165) is 6.92 Å². The van der Waals surface area contributed by atoms with Crippen molar-refractivity contribution in [2.45, 2.75) is 6.92 Å². The summed E-state index contributed by atoms with van der Waals surface area (Å²) in [6.45, 7) is 0.972. The minimum Gasteiger partial charge on any atom is -0.550 e. The van der Waals surface area contributed by atoms with Crippen LogP contribution in [0.15, 0.2) is 0 Å². The van der Waals surface area contributed by atoms with Crippen molar-refractivity contribution in [3.8, 4) is 0 Å². The standard InChI is InChI=1S/C2H3ClO2.C2H4O2.2Na/c3-1-2(4)5;1-2(3)4;;/h1H2,(H,4,5);1H3,(H,3,4);;/q;;2*+1/p-2. The molecule has 0 aromatic carbocycles. The minimum absolute atomic E-state index is 0. The first-order valence-corrected chi connectivity index (χ1v) is 2.47. The molecular weight excluding hydrogens is 193 g/mol. The molecule has 11 heavy (non-hydrogen) atoms. The van der Waals surface area contributed by atoms with Gasteiger partial charge in [-0.25, -0.2) is 0 Å². The fourth-order valence-corrected chi connectivity index (χ4v) is 0. The smallest absolute Gasteiger partial charge is 0.550 e. The van der Waals surface area contributed by atoms with E-state index >= 15 is 0 Å². The number of carbonyl (C=O) groups excluding carboxylic acids is 2. The van der Waals surface area contributed by atoms with Gasteiger partial charge in [-0.3, -0.25) is 0 Å². The molecule has 0 aliphatic heterocycles. The maximum atomic E-state index is 9.12. The molecule has 0 radical (unpaired) electrons. The second-order valence-electron chi connectivity index (χ2n) is 0.997. The minimum atomic E-state index is -1.23. The van der Waals surface area contributed by atoms with Crippen molar-refractivity contribution in [3.63, 3.8) is 0 Å². The Kier molecular flexibility index (Phi) is 35.9. The monoisotopic (exact) mass is 198 g/mol. The van der Waals surface area contributed by atoms with E-state index in [-0.39, 0.29) is 59.1 Å². The Bertz CT molecular complexity index is 104. The molecule has 0 amide bonds. The van der Waals surface area contributed by atoms with Crippen LogP contribution in [0.25, 0.3) is 0 Å². The van der Waals surface area contributed by atoms with E-state index in [2.05, 4.69) is 11.6 Å². The van der Waals surface area contributed by atoms with Crippen LogP contribution >= 0.6 is 11.6 Å². The Balaban J connectivity index is -0.0000000383. The van der Waals surface area contributed by atoms with Gasteiger partial charge in [0, 0.05) is 5.97 Å². The largest absolute Gasteiger partial charge is 1.00 e. The third-order valence-corrected chi connectivity index (χ3v) is 0.327. The van der Waals surface area contributed by atoms with Crippen LogP contribution in [0.5, 0.6) is 0 Å². The Morgan fingerprint density at radius 3 is 1.36 bits per heavy atom. The number of carboxylic acids is 2. The molecule has 54 valence electrons. The summed E-state index contributed by atoms with van der Waals surface area (Å²) in [5.41, 5.74) is 0. The third kappa shape index (κ3) is 91.7. The molecule has 0 fully saturated rings. The van der Waals surface area contributed by atoms with Crippen molar-refractivity contribution < 1.29 is 78.9 Å². The fourth-order valence-electron chi connectivity index (χ4n) is 0. The summed E-state index contributed by atoms with van der Waals surface area (Å²) >= 11 is 4.67. The van der Waals surface area contributed by atoms with Crippen LogP contribution in [0.1, 0.15) is 6.92 Å². The van der Waals surface area contributed by atoms with E-state index < -0.39 is 17.8 Å². The molecule has 0 unspecified atom stereocenters. The van der Waals surface area contributed by atoms with Crippen molar-refractivity contribution in [2.24, 2.45) is 0 Å². The Labute approximate surface area is 114 Å². The number of carboxylic acid groups (broad SMARTS) is 2. The molecule has 0 spiro atoms. The summed E-state index contributed by atoms with van der Waals surface area (Å²) in [6, 6.07) is 0. The number of carbonyl (C=O) groups is 2. The third-order valence-electron chi connectivity index (χ3n) is 0.109. The summed E-state index contributed by atoms with van der Waals surface area (Å²) in [6.07, 6.45) is 0. The van der Waals surface area contributed by atoms with E-state index in [1.54, 1.807) is 0 Å². The SMILES string of the molecule is CC(=O)[O-].O=C([O-])CCl.[Na+].[Na+]. The Morgan fingerprint density at radius 1 is 1.27 bits per heavy atom. The fraction of sp³-hybridized carbons (Fsp3) is 0.500. The molecule has 4 nitrogen and oxygen atoms in total.